The highest BCUT2D eigenvalue weighted by molar-refractivity contribution is 8.00. The van der Waals surface area contributed by atoms with Gasteiger partial charge in [-0.2, -0.15) is 0 Å². The summed E-state index contributed by atoms with van der Waals surface area (Å²) in [5, 5.41) is 8.50. The molecule has 0 spiro atoms. The lowest BCUT2D eigenvalue weighted by atomic mass is 10.0. The zero-order valence-electron chi connectivity index (χ0n) is 24.7. The number of fused-ring (bicyclic) bond motifs is 1. The van der Waals surface area contributed by atoms with Gasteiger partial charge < -0.3 is 25.4 Å². The zero-order valence-corrected chi connectivity index (χ0v) is 27.1. The molecule has 1 unspecified atom stereocenters. The maximum absolute atomic E-state index is 13.6. The highest BCUT2D eigenvalue weighted by Crippen LogP contribution is 2.42. The number of aromatic nitrogens is 1. The summed E-state index contributed by atoms with van der Waals surface area (Å²) in [6.45, 7) is 7.37. The van der Waals surface area contributed by atoms with Gasteiger partial charge in [-0.25, -0.2) is 4.98 Å². The largest absolute Gasteiger partial charge is 0.469 e. The van der Waals surface area contributed by atoms with E-state index in [1.54, 1.807) is 10.3 Å². The SMILES string of the molecule is CC1=C(C(=S)OC(c2ccccc2)c2ccccc2)N2C(=O)C(NC(=O)C(=NOCOC(C)(C)C)c3csc(N)n3)[C@H]2SC1. The maximum Gasteiger partial charge on any atom is 0.276 e. The highest BCUT2D eigenvalue weighted by Gasteiger charge is 2.53. The Balaban J connectivity index is 1.32. The van der Waals surface area contributed by atoms with Gasteiger partial charge in [-0.3, -0.25) is 14.5 Å². The lowest BCUT2D eigenvalue weighted by molar-refractivity contribution is -0.144. The number of thiazole rings is 1. The number of thiocarbonyl (C=S) groups is 1. The Bertz CT molecular complexity index is 1550. The zero-order chi connectivity index (χ0) is 31.4. The third-order valence-corrected chi connectivity index (χ3v) is 9.14. The smallest absolute Gasteiger partial charge is 0.276 e. The molecule has 0 aliphatic carbocycles. The first kappa shape index (κ1) is 31.6. The van der Waals surface area contributed by atoms with Gasteiger partial charge in [0.1, 0.15) is 23.2 Å². The minimum atomic E-state index is -0.815. The molecule has 13 heteroatoms. The Morgan fingerprint density at radius 3 is 2.36 bits per heavy atom. The van der Waals surface area contributed by atoms with E-state index in [2.05, 4.69) is 15.5 Å². The van der Waals surface area contributed by atoms with Crippen LogP contribution in [0.5, 0.6) is 0 Å². The second-order valence-corrected chi connectivity index (χ2v) is 13.5. The van der Waals surface area contributed by atoms with E-state index in [1.807, 2.05) is 88.4 Å². The Labute approximate surface area is 269 Å². The molecule has 1 fully saturated rings. The molecule has 2 aliphatic heterocycles. The van der Waals surface area contributed by atoms with E-state index in [9.17, 15) is 9.59 Å². The number of benzene rings is 2. The van der Waals surface area contributed by atoms with Crippen molar-refractivity contribution in [2.24, 2.45) is 5.16 Å². The van der Waals surface area contributed by atoms with Gasteiger partial charge in [-0.1, -0.05) is 65.8 Å². The number of nitrogens with one attached hydrogen (secondary N) is 1. The number of hydrogen-bond donors (Lipinski definition) is 2. The average molecular weight is 652 g/mol. The van der Waals surface area contributed by atoms with Crippen molar-refractivity contribution in [3.05, 3.63) is 94.1 Å². The van der Waals surface area contributed by atoms with Gasteiger partial charge in [0.05, 0.1) is 11.3 Å². The monoisotopic (exact) mass is 651 g/mol. The summed E-state index contributed by atoms with van der Waals surface area (Å²) in [6.07, 6.45) is -0.461. The molecule has 1 aromatic heterocycles. The van der Waals surface area contributed by atoms with Crippen LogP contribution in [0.4, 0.5) is 5.13 Å². The molecule has 1 saturated heterocycles. The van der Waals surface area contributed by atoms with Crippen LogP contribution in [0.2, 0.25) is 0 Å². The second kappa shape index (κ2) is 13.5. The standard InChI is InChI=1S/C31H33N5O5S3/c1-18-15-43-28-23(34-26(37)22(21-16-44-30(32)33-21)35-40-17-39-31(2,3)4)27(38)36(28)24(18)29(42)41-25(19-11-7-5-8-12-19)20-13-9-6-10-14-20/h5-14,16,23,25,28H,15,17H2,1-4H3,(H2,32,33)(H,34,37)/t23?,28-/m1/s1. The van der Waals surface area contributed by atoms with Crippen LogP contribution in [0.25, 0.3) is 0 Å². The first-order valence-electron chi connectivity index (χ1n) is 13.8. The van der Waals surface area contributed by atoms with Crippen LogP contribution in [0, 0.1) is 0 Å². The van der Waals surface area contributed by atoms with Crippen molar-refractivity contribution in [3.8, 4) is 0 Å². The highest BCUT2D eigenvalue weighted by atomic mass is 32.2. The quantitative estimate of drug-likeness (QED) is 0.0775. The second-order valence-electron chi connectivity index (χ2n) is 11.1. The third kappa shape index (κ3) is 7.12. The molecular formula is C31H33N5O5S3. The van der Waals surface area contributed by atoms with Crippen molar-refractivity contribution in [2.45, 2.75) is 50.8 Å². The van der Waals surface area contributed by atoms with Crippen molar-refractivity contribution in [1.82, 2.24) is 15.2 Å². The Kier molecular flexibility index (Phi) is 9.68. The number of carbonyl (C=O) groups excluding carboxylic acids is 2. The van der Waals surface area contributed by atoms with Crippen LogP contribution in [0.3, 0.4) is 0 Å². The van der Waals surface area contributed by atoms with E-state index in [-0.39, 0.29) is 39.7 Å². The van der Waals surface area contributed by atoms with Crippen molar-refractivity contribution in [1.29, 1.82) is 0 Å². The molecule has 44 heavy (non-hydrogen) atoms. The van der Waals surface area contributed by atoms with Gasteiger partial charge in [0, 0.05) is 11.1 Å². The van der Waals surface area contributed by atoms with Crippen LogP contribution in [-0.4, -0.2) is 62.0 Å². The van der Waals surface area contributed by atoms with Gasteiger partial charge in [-0.05, 0) is 56.6 Å². The molecule has 10 nitrogen and oxygen atoms in total. The third-order valence-electron chi connectivity index (χ3n) is 6.75. The molecule has 3 heterocycles. The number of nitrogen functional groups attached to an aromatic ring is 1. The number of nitrogens with zero attached hydrogens (tertiary/aromatic N) is 3. The molecule has 0 bridgehead atoms. The van der Waals surface area contributed by atoms with Crippen molar-refractivity contribution >= 4 is 63.0 Å². The summed E-state index contributed by atoms with van der Waals surface area (Å²) in [7, 11) is 0. The van der Waals surface area contributed by atoms with Crippen LogP contribution in [-0.2, 0) is 23.9 Å². The number of anilines is 1. The fourth-order valence-electron chi connectivity index (χ4n) is 4.61. The molecule has 0 saturated carbocycles. The van der Waals surface area contributed by atoms with Gasteiger partial charge in [0.15, 0.2) is 10.8 Å². The number of carbonyl (C=O) groups is 2. The van der Waals surface area contributed by atoms with Gasteiger partial charge >= 0.3 is 0 Å². The van der Waals surface area contributed by atoms with E-state index in [1.165, 1.54) is 11.8 Å². The molecule has 3 N–H and O–H groups in total. The van der Waals surface area contributed by atoms with Gasteiger partial charge in [-0.15, -0.1) is 23.1 Å². The molecular weight excluding hydrogens is 619 g/mol. The Hall–Kier alpha value is -3.78. The Morgan fingerprint density at radius 2 is 1.80 bits per heavy atom. The number of rotatable bonds is 10. The number of nitrogens with two attached hydrogens (primary N) is 1. The van der Waals surface area contributed by atoms with Crippen LogP contribution >= 0.6 is 35.3 Å². The van der Waals surface area contributed by atoms with Crippen molar-refractivity contribution in [3.63, 3.8) is 0 Å². The summed E-state index contributed by atoms with van der Waals surface area (Å²) < 4.78 is 12.0. The van der Waals surface area contributed by atoms with Gasteiger partial charge in [0.25, 0.3) is 11.8 Å². The predicted molar refractivity (Wildman–Crippen MR) is 176 cm³/mol. The summed E-state index contributed by atoms with van der Waals surface area (Å²) in [6, 6.07) is 18.8. The van der Waals surface area contributed by atoms with Crippen LogP contribution in [0.15, 0.2) is 82.5 Å². The molecule has 0 radical (unpaired) electrons. The lowest BCUT2D eigenvalue weighted by Gasteiger charge is -2.50. The maximum atomic E-state index is 13.6. The first-order valence-corrected chi connectivity index (χ1v) is 16.2. The fourth-order valence-corrected chi connectivity index (χ4v) is 6.82. The van der Waals surface area contributed by atoms with Crippen LogP contribution < -0.4 is 11.1 Å². The molecule has 2 amide bonds. The van der Waals surface area contributed by atoms with E-state index in [0.29, 0.717) is 11.4 Å². The van der Waals surface area contributed by atoms with Gasteiger partial charge in [0.2, 0.25) is 11.8 Å². The predicted octanol–water partition coefficient (Wildman–Crippen LogP) is 5.03. The van der Waals surface area contributed by atoms with E-state index < -0.39 is 23.7 Å². The van der Waals surface area contributed by atoms with Crippen LogP contribution in [0.1, 0.15) is 50.6 Å². The topological polar surface area (TPSA) is 128 Å². The molecule has 230 valence electrons. The lowest BCUT2D eigenvalue weighted by Crippen LogP contribution is -2.71. The van der Waals surface area contributed by atoms with Crippen molar-refractivity contribution in [2.75, 3.05) is 18.3 Å². The normalized spacial score (nSPS) is 18.5. The summed E-state index contributed by atoms with van der Waals surface area (Å²) in [5.41, 5.74) is 8.82. The number of oxime groups is 1. The summed E-state index contributed by atoms with van der Waals surface area (Å²) >= 11 is 8.52. The molecule has 5 rings (SSSR count). The summed E-state index contributed by atoms with van der Waals surface area (Å²) in [4.78, 5) is 38.1. The van der Waals surface area contributed by atoms with E-state index in [0.717, 1.165) is 28.0 Å². The number of hydrogen-bond acceptors (Lipinski definition) is 11. The van der Waals surface area contributed by atoms with Crippen molar-refractivity contribution < 1.29 is 23.9 Å². The molecule has 2 aromatic carbocycles. The fraction of sp³-hybridized carbons (Fsp3) is 0.323. The minimum absolute atomic E-state index is 0.109. The molecule has 2 aliphatic rings. The number of thioether (sulfide) groups is 1. The number of ether oxygens (including phenoxy) is 2. The first-order chi connectivity index (χ1) is 21.0. The molecule has 3 aromatic rings. The number of β-lactam (4-membered cyclic amide) rings is 1. The van der Waals surface area contributed by atoms with E-state index in [4.69, 9.17) is 32.3 Å². The Morgan fingerprint density at radius 1 is 1.16 bits per heavy atom. The van der Waals surface area contributed by atoms with E-state index >= 15 is 0 Å². The average Bonchev–Trinajstić information content (AvgIpc) is 3.44. The number of amides is 2. The summed E-state index contributed by atoms with van der Waals surface area (Å²) in [5.74, 6) is -0.317. The minimum Gasteiger partial charge on any atom is -0.469 e. The molecule has 2 atom stereocenters.